The summed E-state index contributed by atoms with van der Waals surface area (Å²) < 4.78 is 26.2. The lowest BCUT2D eigenvalue weighted by Gasteiger charge is -2.14. The monoisotopic (exact) mass is 366 g/mol. The number of hydrogen-bond donors (Lipinski definition) is 2. The number of anilines is 1. The van der Waals surface area contributed by atoms with Crippen molar-refractivity contribution in [2.24, 2.45) is 0 Å². The molecule has 2 amide bonds. The van der Waals surface area contributed by atoms with Gasteiger partial charge in [-0.15, -0.1) is 10.2 Å². The van der Waals surface area contributed by atoms with Crippen molar-refractivity contribution in [3.63, 3.8) is 0 Å². The molecule has 136 valence electrons. The van der Waals surface area contributed by atoms with Gasteiger partial charge in [0.25, 0.3) is 0 Å². The number of urea groups is 1. The summed E-state index contributed by atoms with van der Waals surface area (Å²) in [4.78, 5) is 12.1. The van der Waals surface area contributed by atoms with Crippen molar-refractivity contribution in [2.45, 2.75) is 13.3 Å². The summed E-state index contributed by atoms with van der Waals surface area (Å²) in [6, 6.07) is 5.19. The molecule has 0 spiro atoms. The highest BCUT2D eigenvalue weighted by Crippen LogP contribution is 2.20. The van der Waals surface area contributed by atoms with Gasteiger partial charge in [0.05, 0.1) is 11.4 Å². The van der Waals surface area contributed by atoms with Gasteiger partial charge < -0.3 is 10.6 Å². The molecule has 10 heteroatoms. The number of aromatic nitrogens is 3. The first-order chi connectivity index (χ1) is 11.8. The lowest BCUT2D eigenvalue weighted by atomic mass is 10.1. The lowest BCUT2D eigenvalue weighted by molar-refractivity contribution is 0.252. The van der Waals surface area contributed by atoms with Crippen LogP contribution in [0.2, 0.25) is 0 Å². The molecule has 0 radical (unpaired) electrons. The maximum absolute atomic E-state index is 12.1. The van der Waals surface area contributed by atoms with Crippen LogP contribution in [-0.2, 0) is 16.4 Å². The first-order valence-corrected chi connectivity index (χ1v) is 9.37. The Morgan fingerprint density at radius 1 is 1.24 bits per heavy atom. The number of nitrogens with zero attached hydrogens (tertiary/aromatic N) is 4. The van der Waals surface area contributed by atoms with E-state index in [0.29, 0.717) is 5.69 Å². The lowest BCUT2D eigenvalue weighted by Crippen LogP contribution is -2.36. The number of benzene rings is 1. The predicted octanol–water partition coefficient (Wildman–Crippen LogP) is 0.843. The van der Waals surface area contributed by atoms with E-state index in [2.05, 4.69) is 20.8 Å². The van der Waals surface area contributed by atoms with Crippen LogP contribution < -0.4 is 10.6 Å². The van der Waals surface area contributed by atoms with Gasteiger partial charge in [0, 0.05) is 26.3 Å². The fraction of sp³-hybridized carbons (Fsp3) is 0.400. The van der Waals surface area contributed by atoms with Crippen LogP contribution in [0, 0.1) is 0 Å². The third-order valence-electron chi connectivity index (χ3n) is 3.64. The van der Waals surface area contributed by atoms with Crippen molar-refractivity contribution in [3.05, 3.63) is 36.4 Å². The summed E-state index contributed by atoms with van der Waals surface area (Å²) in [6.45, 7) is 2.01. The minimum atomic E-state index is -3.34. The molecule has 0 fully saturated rings. The van der Waals surface area contributed by atoms with Crippen LogP contribution in [-0.4, -0.2) is 59.9 Å². The molecule has 1 aromatic carbocycles. The highest BCUT2D eigenvalue weighted by molar-refractivity contribution is 7.89. The van der Waals surface area contributed by atoms with Crippen LogP contribution in [0.4, 0.5) is 10.5 Å². The molecular weight excluding hydrogens is 344 g/mol. The molecule has 25 heavy (non-hydrogen) atoms. The molecular formula is C15H22N6O3S. The van der Waals surface area contributed by atoms with Gasteiger partial charge in [-0.1, -0.05) is 13.0 Å². The van der Waals surface area contributed by atoms with Crippen LogP contribution in [0.5, 0.6) is 0 Å². The van der Waals surface area contributed by atoms with E-state index in [0.717, 1.165) is 22.0 Å². The Labute approximate surface area is 147 Å². The minimum absolute atomic E-state index is 0.0267. The van der Waals surface area contributed by atoms with E-state index in [-0.39, 0.29) is 12.3 Å². The van der Waals surface area contributed by atoms with E-state index in [1.54, 1.807) is 17.2 Å². The fourth-order valence-corrected chi connectivity index (χ4v) is 2.85. The number of carbonyl (C=O) groups is 1. The average molecular weight is 366 g/mol. The number of nitrogens with one attached hydrogen (secondary N) is 2. The Morgan fingerprint density at radius 2 is 1.92 bits per heavy atom. The molecule has 2 rings (SSSR count). The van der Waals surface area contributed by atoms with Gasteiger partial charge in [-0.25, -0.2) is 17.5 Å². The summed E-state index contributed by atoms with van der Waals surface area (Å²) in [5, 5.41) is 12.9. The zero-order valence-corrected chi connectivity index (χ0v) is 15.2. The van der Waals surface area contributed by atoms with Gasteiger partial charge in [-0.3, -0.25) is 4.57 Å². The van der Waals surface area contributed by atoms with Gasteiger partial charge >= 0.3 is 6.03 Å². The highest BCUT2D eigenvalue weighted by atomic mass is 32.2. The van der Waals surface area contributed by atoms with Crippen LogP contribution in [0.1, 0.15) is 12.5 Å². The molecule has 0 saturated carbocycles. The van der Waals surface area contributed by atoms with Gasteiger partial charge in [0.15, 0.2) is 0 Å². The molecule has 0 unspecified atom stereocenters. The summed E-state index contributed by atoms with van der Waals surface area (Å²) in [6.07, 6.45) is 3.88. The van der Waals surface area contributed by atoms with E-state index in [1.807, 2.05) is 25.1 Å². The molecule has 1 aromatic heterocycles. The summed E-state index contributed by atoms with van der Waals surface area (Å²) in [5.74, 6) is -0.158. The molecule has 0 saturated heterocycles. The second kappa shape index (κ2) is 8.08. The predicted molar refractivity (Wildman–Crippen MR) is 95.2 cm³/mol. The number of aryl methyl sites for hydroxylation is 1. The molecule has 0 aliphatic heterocycles. The Hall–Kier alpha value is -2.46. The van der Waals surface area contributed by atoms with Crippen LogP contribution >= 0.6 is 0 Å². The SMILES string of the molecule is CCc1ccc(-n2cnnc2)cc1NC(=O)NCCS(=O)(=O)N(C)C. The topological polar surface area (TPSA) is 109 Å². The van der Waals surface area contributed by atoms with Crippen LogP contribution in [0.15, 0.2) is 30.9 Å². The van der Waals surface area contributed by atoms with E-state index in [9.17, 15) is 13.2 Å². The number of sulfonamides is 1. The maximum atomic E-state index is 12.1. The van der Waals surface area contributed by atoms with Crippen LogP contribution in [0.3, 0.4) is 0 Å². The quantitative estimate of drug-likeness (QED) is 0.755. The summed E-state index contributed by atoms with van der Waals surface area (Å²) in [7, 11) is -0.427. The zero-order valence-electron chi connectivity index (χ0n) is 14.4. The Bertz CT molecular complexity index is 818. The second-order valence-electron chi connectivity index (χ2n) is 5.54. The highest BCUT2D eigenvalue weighted by Gasteiger charge is 2.14. The van der Waals surface area contributed by atoms with E-state index in [4.69, 9.17) is 0 Å². The number of amides is 2. The number of carbonyl (C=O) groups excluding carboxylic acids is 1. The van der Waals surface area contributed by atoms with Crippen molar-refractivity contribution < 1.29 is 13.2 Å². The smallest absolute Gasteiger partial charge is 0.319 e. The first-order valence-electron chi connectivity index (χ1n) is 7.76. The normalized spacial score (nSPS) is 11.5. The molecule has 0 aliphatic rings. The second-order valence-corrected chi connectivity index (χ2v) is 7.85. The number of hydrogen-bond acceptors (Lipinski definition) is 5. The summed E-state index contributed by atoms with van der Waals surface area (Å²) in [5.41, 5.74) is 2.43. The molecule has 2 N–H and O–H groups in total. The average Bonchev–Trinajstić information content (AvgIpc) is 3.09. The Morgan fingerprint density at radius 3 is 2.52 bits per heavy atom. The maximum Gasteiger partial charge on any atom is 0.319 e. The molecule has 0 atom stereocenters. The van der Waals surface area contributed by atoms with E-state index < -0.39 is 16.1 Å². The fourth-order valence-electron chi connectivity index (χ4n) is 2.13. The Kier molecular flexibility index (Phi) is 6.10. The van der Waals surface area contributed by atoms with Crippen molar-refractivity contribution >= 4 is 21.7 Å². The Balaban J connectivity index is 2.03. The minimum Gasteiger partial charge on any atom is -0.337 e. The number of rotatable bonds is 7. The molecule has 0 bridgehead atoms. The van der Waals surface area contributed by atoms with Gasteiger partial charge in [-0.05, 0) is 24.1 Å². The van der Waals surface area contributed by atoms with E-state index in [1.165, 1.54) is 14.1 Å². The van der Waals surface area contributed by atoms with Gasteiger partial charge in [0.1, 0.15) is 12.7 Å². The zero-order chi connectivity index (χ0) is 18.4. The first kappa shape index (κ1) is 18.9. The van der Waals surface area contributed by atoms with E-state index >= 15 is 0 Å². The standard InChI is InChI=1S/C15H22N6O3S/c1-4-12-5-6-13(21-10-17-18-11-21)9-14(12)19-15(22)16-7-8-25(23,24)20(2)3/h5-6,9-11H,4,7-8H2,1-3H3,(H2,16,19,22). The van der Waals surface area contributed by atoms with Gasteiger partial charge in [-0.2, -0.15) is 0 Å². The van der Waals surface area contributed by atoms with Gasteiger partial charge in [0.2, 0.25) is 10.0 Å². The van der Waals surface area contributed by atoms with Crippen molar-refractivity contribution in [1.29, 1.82) is 0 Å². The van der Waals surface area contributed by atoms with Crippen LogP contribution in [0.25, 0.3) is 5.69 Å². The van der Waals surface area contributed by atoms with Crippen molar-refractivity contribution in [1.82, 2.24) is 24.4 Å². The third kappa shape index (κ3) is 5.00. The molecule has 2 aromatic rings. The largest absolute Gasteiger partial charge is 0.337 e. The van der Waals surface area contributed by atoms with Crippen molar-refractivity contribution in [2.75, 3.05) is 31.7 Å². The molecule has 9 nitrogen and oxygen atoms in total. The molecule has 0 aliphatic carbocycles. The summed E-state index contributed by atoms with van der Waals surface area (Å²) >= 11 is 0. The van der Waals surface area contributed by atoms with Crippen molar-refractivity contribution in [3.8, 4) is 5.69 Å². The molecule has 1 heterocycles. The third-order valence-corrected chi connectivity index (χ3v) is 5.47.